The van der Waals surface area contributed by atoms with Gasteiger partial charge in [0.15, 0.2) is 0 Å². The normalized spacial score (nSPS) is 20.9. The minimum Gasteiger partial charge on any atom is -0.469 e. The number of rotatable bonds is 3. The minimum absolute atomic E-state index is 0.632. The van der Waals surface area contributed by atoms with Crippen molar-refractivity contribution in [1.82, 2.24) is 5.32 Å². The summed E-state index contributed by atoms with van der Waals surface area (Å²) in [5.41, 5.74) is 0. The van der Waals surface area contributed by atoms with Gasteiger partial charge in [0.25, 0.3) is 0 Å². The molecule has 0 amide bonds. The highest BCUT2D eigenvalue weighted by Gasteiger charge is 2.25. The second kappa shape index (κ2) is 4.65. The van der Waals surface area contributed by atoms with Crippen LogP contribution in [0.25, 0.3) is 0 Å². The van der Waals surface area contributed by atoms with Gasteiger partial charge in [0, 0.05) is 5.92 Å². The molecule has 1 fully saturated rings. The van der Waals surface area contributed by atoms with Crippen LogP contribution in [-0.2, 0) is 0 Å². The van der Waals surface area contributed by atoms with Crippen molar-refractivity contribution in [2.45, 2.75) is 32.1 Å². The monoisotopic (exact) mass is 193 g/mol. The van der Waals surface area contributed by atoms with Crippen LogP contribution in [0.4, 0.5) is 0 Å². The van der Waals surface area contributed by atoms with E-state index in [1.54, 1.807) is 6.26 Å². The number of nitrogens with one attached hydrogen (secondary N) is 1. The molecule has 1 N–H and O–H groups in total. The zero-order valence-corrected chi connectivity index (χ0v) is 8.83. The molecule has 1 unspecified atom stereocenters. The first-order valence-electron chi connectivity index (χ1n) is 5.66. The van der Waals surface area contributed by atoms with Gasteiger partial charge in [0.05, 0.1) is 6.26 Å². The lowest BCUT2D eigenvalue weighted by atomic mass is 9.82. The second-order valence-corrected chi connectivity index (χ2v) is 4.12. The lowest BCUT2D eigenvalue weighted by Gasteiger charge is -2.28. The summed E-state index contributed by atoms with van der Waals surface area (Å²) in [6.07, 6.45) is 5.57. The van der Waals surface area contributed by atoms with Gasteiger partial charge in [-0.15, -0.1) is 0 Å². The van der Waals surface area contributed by atoms with Crippen molar-refractivity contribution >= 4 is 0 Å². The Morgan fingerprint density at radius 3 is 2.86 bits per heavy atom. The summed E-state index contributed by atoms with van der Waals surface area (Å²) in [5.74, 6) is 2.62. The van der Waals surface area contributed by atoms with Crippen LogP contribution in [0.3, 0.4) is 0 Å². The van der Waals surface area contributed by atoms with Gasteiger partial charge in [-0.3, -0.25) is 0 Å². The molecule has 0 saturated carbocycles. The van der Waals surface area contributed by atoms with E-state index in [2.05, 4.69) is 18.3 Å². The van der Waals surface area contributed by atoms with Crippen LogP contribution in [-0.4, -0.2) is 13.1 Å². The highest BCUT2D eigenvalue weighted by Crippen LogP contribution is 2.33. The van der Waals surface area contributed by atoms with E-state index in [1.165, 1.54) is 38.1 Å². The van der Waals surface area contributed by atoms with E-state index in [9.17, 15) is 0 Å². The molecule has 14 heavy (non-hydrogen) atoms. The van der Waals surface area contributed by atoms with E-state index in [0.29, 0.717) is 5.92 Å². The molecule has 1 aliphatic rings. The first kappa shape index (κ1) is 9.78. The van der Waals surface area contributed by atoms with E-state index in [0.717, 1.165) is 5.92 Å². The van der Waals surface area contributed by atoms with E-state index in [-0.39, 0.29) is 0 Å². The Balaban J connectivity index is 2.04. The molecular weight excluding hydrogens is 174 g/mol. The van der Waals surface area contributed by atoms with Crippen LogP contribution in [0.1, 0.15) is 37.9 Å². The maximum absolute atomic E-state index is 5.52. The molecule has 1 saturated heterocycles. The van der Waals surface area contributed by atoms with Gasteiger partial charge in [-0.25, -0.2) is 0 Å². The summed E-state index contributed by atoms with van der Waals surface area (Å²) < 4.78 is 5.52. The van der Waals surface area contributed by atoms with Crippen molar-refractivity contribution in [3.63, 3.8) is 0 Å². The molecule has 1 atom stereocenters. The first-order valence-corrected chi connectivity index (χ1v) is 5.66. The summed E-state index contributed by atoms with van der Waals surface area (Å²) in [6, 6.07) is 4.12. The molecule has 1 aromatic heterocycles. The molecule has 0 radical (unpaired) electrons. The largest absolute Gasteiger partial charge is 0.469 e. The van der Waals surface area contributed by atoms with Crippen molar-refractivity contribution in [1.29, 1.82) is 0 Å². The second-order valence-electron chi connectivity index (χ2n) is 4.12. The Morgan fingerprint density at radius 1 is 1.50 bits per heavy atom. The smallest absolute Gasteiger partial charge is 0.107 e. The molecule has 0 spiro atoms. The van der Waals surface area contributed by atoms with Crippen LogP contribution in [0, 0.1) is 5.92 Å². The average molecular weight is 193 g/mol. The molecule has 2 nitrogen and oxygen atoms in total. The van der Waals surface area contributed by atoms with Crippen molar-refractivity contribution in [2.75, 3.05) is 13.1 Å². The Hall–Kier alpha value is -0.760. The molecule has 2 heterocycles. The van der Waals surface area contributed by atoms with Gasteiger partial charge in [0.1, 0.15) is 5.76 Å². The first-order chi connectivity index (χ1) is 6.92. The summed E-state index contributed by atoms with van der Waals surface area (Å²) in [6.45, 7) is 4.60. The Kier molecular flexibility index (Phi) is 3.25. The van der Waals surface area contributed by atoms with Crippen LogP contribution < -0.4 is 5.32 Å². The quantitative estimate of drug-likeness (QED) is 0.798. The molecule has 0 bridgehead atoms. The fourth-order valence-corrected chi connectivity index (χ4v) is 2.52. The van der Waals surface area contributed by atoms with Gasteiger partial charge in [-0.1, -0.05) is 6.92 Å². The zero-order valence-electron chi connectivity index (χ0n) is 8.83. The van der Waals surface area contributed by atoms with Gasteiger partial charge in [0.2, 0.25) is 0 Å². The fraction of sp³-hybridized carbons (Fsp3) is 0.667. The molecular formula is C12H19NO. The third-order valence-electron chi connectivity index (χ3n) is 3.30. The Bertz CT molecular complexity index is 249. The molecule has 78 valence electrons. The van der Waals surface area contributed by atoms with Crippen molar-refractivity contribution in [3.8, 4) is 0 Å². The van der Waals surface area contributed by atoms with Crippen molar-refractivity contribution in [2.24, 2.45) is 5.92 Å². The lowest BCUT2D eigenvalue weighted by Crippen LogP contribution is -2.30. The summed E-state index contributed by atoms with van der Waals surface area (Å²) in [4.78, 5) is 0. The SMILES string of the molecule is CCC(c1ccco1)C1CCNCC1. The maximum Gasteiger partial charge on any atom is 0.107 e. The van der Waals surface area contributed by atoms with Gasteiger partial charge < -0.3 is 9.73 Å². The predicted octanol–water partition coefficient (Wildman–Crippen LogP) is 2.77. The molecule has 0 aliphatic carbocycles. The Labute approximate surface area is 85.7 Å². The molecule has 1 aromatic rings. The van der Waals surface area contributed by atoms with Gasteiger partial charge in [-0.05, 0) is 50.4 Å². The summed E-state index contributed by atoms with van der Waals surface area (Å²) in [5, 5.41) is 3.41. The number of hydrogen-bond acceptors (Lipinski definition) is 2. The highest BCUT2D eigenvalue weighted by molar-refractivity contribution is 5.07. The van der Waals surface area contributed by atoms with E-state index >= 15 is 0 Å². The molecule has 1 aliphatic heterocycles. The van der Waals surface area contributed by atoms with Crippen molar-refractivity contribution in [3.05, 3.63) is 24.2 Å². The van der Waals surface area contributed by atoms with Crippen LogP contribution in [0.15, 0.2) is 22.8 Å². The van der Waals surface area contributed by atoms with Gasteiger partial charge in [-0.2, -0.15) is 0 Å². The highest BCUT2D eigenvalue weighted by atomic mass is 16.3. The minimum atomic E-state index is 0.632. The Morgan fingerprint density at radius 2 is 2.29 bits per heavy atom. The van der Waals surface area contributed by atoms with E-state index < -0.39 is 0 Å². The molecule has 2 rings (SSSR count). The lowest BCUT2D eigenvalue weighted by molar-refractivity contribution is 0.282. The van der Waals surface area contributed by atoms with E-state index in [1.807, 2.05) is 6.07 Å². The summed E-state index contributed by atoms with van der Waals surface area (Å²) in [7, 11) is 0. The topological polar surface area (TPSA) is 25.2 Å². The fourth-order valence-electron chi connectivity index (χ4n) is 2.52. The van der Waals surface area contributed by atoms with Crippen LogP contribution >= 0.6 is 0 Å². The number of furan rings is 1. The van der Waals surface area contributed by atoms with Crippen molar-refractivity contribution < 1.29 is 4.42 Å². The number of piperidine rings is 1. The molecule has 2 heteroatoms. The zero-order chi connectivity index (χ0) is 9.80. The third-order valence-corrected chi connectivity index (χ3v) is 3.30. The van der Waals surface area contributed by atoms with Crippen LogP contribution in [0.2, 0.25) is 0 Å². The standard InChI is InChI=1S/C12H19NO/c1-2-11(12-4-3-9-14-12)10-5-7-13-8-6-10/h3-4,9-11,13H,2,5-8H2,1H3. The maximum atomic E-state index is 5.52. The average Bonchev–Trinajstić information content (AvgIpc) is 2.74. The van der Waals surface area contributed by atoms with Gasteiger partial charge >= 0.3 is 0 Å². The molecule has 0 aromatic carbocycles. The van der Waals surface area contributed by atoms with Crippen LogP contribution in [0.5, 0.6) is 0 Å². The summed E-state index contributed by atoms with van der Waals surface area (Å²) >= 11 is 0. The third kappa shape index (κ3) is 2.01. The predicted molar refractivity (Wildman–Crippen MR) is 57.3 cm³/mol. The van der Waals surface area contributed by atoms with E-state index in [4.69, 9.17) is 4.42 Å². The number of hydrogen-bond donors (Lipinski definition) is 1.